The first kappa shape index (κ1) is 11.3. The molecule has 1 aromatic heterocycles. The summed E-state index contributed by atoms with van der Waals surface area (Å²) in [6, 6.07) is 0. The summed E-state index contributed by atoms with van der Waals surface area (Å²) in [5.41, 5.74) is -0.223. The second kappa shape index (κ2) is 5.17. The number of carboxylic acid groups (broad SMARTS) is 1. The van der Waals surface area contributed by atoms with Crippen molar-refractivity contribution in [3.63, 3.8) is 0 Å². The Morgan fingerprint density at radius 3 is 3.07 bits per heavy atom. The zero-order valence-corrected chi connectivity index (χ0v) is 8.67. The third kappa shape index (κ3) is 3.11. The first-order chi connectivity index (χ1) is 7.15. The molecule has 0 saturated carbocycles. The SMILES string of the molecule is CC#CCNc1ncc(Cl)c(C(=O)O)n1. The van der Waals surface area contributed by atoms with Crippen molar-refractivity contribution >= 4 is 23.5 Å². The molecule has 15 heavy (non-hydrogen) atoms. The average Bonchev–Trinajstić information content (AvgIpc) is 2.20. The van der Waals surface area contributed by atoms with Crippen LogP contribution in [0.2, 0.25) is 5.02 Å². The van der Waals surface area contributed by atoms with Crippen molar-refractivity contribution in [2.24, 2.45) is 0 Å². The van der Waals surface area contributed by atoms with Crippen LogP contribution < -0.4 is 5.32 Å². The lowest BCUT2D eigenvalue weighted by Gasteiger charge is -2.02. The molecule has 1 aromatic rings. The van der Waals surface area contributed by atoms with E-state index in [1.165, 1.54) is 6.20 Å². The molecule has 0 spiro atoms. The number of aromatic nitrogens is 2. The number of hydrogen-bond donors (Lipinski definition) is 2. The van der Waals surface area contributed by atoms with Crippen LogP contribution in [0.25, 0.3) is 0 Å². The molecule has 0 aliphatic heterocycles. The van der Waals surface area contributed by atoms with Gasteiger partial charge < -0.3 is 10.4 Å². The lowest BCUT2D eigenvalue weighted by molar-refractivity contribution is 0.0690. The van der Waals surface area contributed by atoms with E-state index in [0.29, 0.717) is 6.54 Å². The van der Waals surface area contributed by atoms with Gasteiger partial charge in [0.25, 0.3) is 0 Å². The lowest BCUT2D eigenvalue weighted by atomic mass is 10.4. The number of carbonyl (C=O) groups is 1. The molecule has 0 fully saturated rings. The Balaban J connectivity index is 2.86. The normalized spacial score (nSPS) is 8.93. The zero-order chi connectivity index (χ0) is 11.3. The Bertz CT molecular complexity index is 437. The Morgan fingerprint density at radius 2 is 2.47 bits per heavy atom. The van der Waals surface area contributed by atoms with Gasteiger partial charge in [0.15, 0.2) is 5.69 Å². The van der Waals surface area contributed by atoms with Crippen molar-refractivity contribution in [3.05, 3.63) is 16.9 Å². The van der Waals surface area contributed by atoms with Crippen LogP contribution in [0.5, 0.6) is 0 Å². The minimum Gasteiger partial charge on any atom is -0.476 e. The van der Waals surface area contributed by atoms with Crippen molar-refractivity contribution in [1.82, 2.24) is 9.97 Å². The molecule has 1 heterocycles. The second-order valence-corrected chi connectivity index (χ2v) is 2.88. The van der Waals surface area contributed by atoms with E-state index in [4.69, 9.17) is 16.7 Å². The Hall–Kier alpha value is -1.80. The first-order valence-corrected chi connectivity index (χ1v) is 4.42. The molecule has 2 N–H and O–H groups in total. The van der Waals surface area contributed by atoms with Gasteiger partial charge in [0, 0.05) is 0 Å². The Morgan fingerprint density at radius 1 is 1.73 bits per heavy atom. The molecular formula is C9H8ClN3O2. The third-order valence-electron chi connectivity index (χ3n) is 1.46. The van der Waals surface area contributed by atoms with Crippen molar-refractivity contribution in [2.75, 3.05) is 11.9 Å². The number of carboxylic acids is 1. The lowest BCUT2D eigenvalue weighted by Crippen LogP contribution is -2.08. The molecule has 5 nitrogen and oxygen atoms in total. The number of nitrogens with one attached hydrogen (secondary N) is 1. The standard InChI is InChI=1S/C9H8ClN3O2/c1-2-3-4-11-9-12-5-6(10)7(13-9)8(14)15/h5H,4H2,1H3,(H,14,15)(H,11,12,13). The van der Waals surface area contributed by atoms with E-state index in [-0.39, 0.29) is 16.7 Å². The van der Waals surface area contributed by atoms with Crippen LogP contribution >= 0.6 is 11.6 Å². The maximum atomic E-state index is 10.7. The first-order valence-electron chi connectivity index (χ1n) is 4.04. The van der Waals surface area contributed by atoms with Crippen LogP contribution in [0.3, 0.4) is 0 Å². The monoisotopic (exact) mass is 225 g/mol. The molecule has 0 unspecified atom stereocenters. The summed E-state index contributed by atoms with van der Waals surface area (Å²) >= 11 is 5.59. The summed E-state index contributed by atoms with van der Waals surface area (Å²) in [6.45, 7) is 2.06. The van der Waals surface area contributed by atoms with Crippen molar-refractivity contribution in [1.29, 1.82) is 0 Å². The summed E-state index contributed by atoms with van der Waals surface area (Å²) in [5.74, 6) is 4.42. The minimum absolute atomic E-state index is 0.00891. The Labute approximate surface area is 91.5 Å². The number of nitrogens with zero attached hydrogens (tertiary/aromatic N) is 2. The van der Waals surface area contributed by atoms with E-state index in [0.717, 1.165) is 0 Å². The van der Waals surface area contributed by atoms with Crippen LogP contribution in [-0.4, -0.2) is 27.6 Å². The summed E-state index contributed by atoms with van der Waals surface area (Å²) in [5, 5.41) is 11.5. The van der Waals surface area contributed by atoms with Crippen molar-refractivity contribution in [2.45, 2.75) is 6.92 Å². The van der Waals surface area contributed by atoms with Crippen molar-refractivity contribution < 1.29 is 9.90 Å². The highest BCUT2D eigenvalue weighted by Crippen LogP contribution is 2.13. The fraction of sp³-hybridized carbons (Fsp3) is 0.222. The van der Waals surface area contributed by atoms with E-state index >= 15 is 0 Å². The maximum Gasteiger partial charge on any atom is 0.356 e. The van der Waals surface area contributed by atoms with Gasteiger partial charge in [0.05, 0.1) is 17.8 Å². The predicted octanol–water partition coefficient (Wildman–Crippen LogP) is 1.26. The average molecular weight is 226 g/mol. The fourth-order valence-electron chi connectivity index (χ4n) is 0.814. The zero-order valence-electron chi connectivity index (χ0n) is 7.91. The second-order valence-electron chi connectivity index (χ2n) is 2.48. The van der Waals surface area contributed by atoms with E-state index in [2.05, 4.69) is 27.1 Å². The molecule has 0 amide bonds. The van der Waals surface area contributed by atoms with E-state index < -0.39 is 5.97 Å². The molecular weight excluding hydrogens is 218 g/mol. The smallest absolute Gasteiger partial charge is 0.356 e. The van der Waals surface area contributed by atoms with Gasteiger partial charge in [-0.25, -0.2) is 14.8 Å². The number of rotatable bonds is 3. The largest absolute Gasteiger partial charge is 0.476 e. The highest BCUT2D eigenvalue weighted by atomic mass is 35.5. The molecule has 0 aliphatic carbocycles. The van der Waals surface area contributed by atoms with Crippen LogP contribution in [0.15, 0.2) is 6.20 Å². The third-order valence-corrected chi connectivity index (χ3v) is 1.73. The van der Waals surface area contributed by atoms with Gasteiger partial charge in [-0.2, -0.15) is 0 Å². The molecule has 1 rings (SSSR count). The molecule has 0 aliphatic rings. The van der Waals surface area contributed by atoms with E-state index in [9.17, 15) is 4.79 Å². The van der Waals surface area contributed by atoms with Gasteiger partial charge in [-0.1, -0.05) is 17.5 Å². The molecule has 0 bridgehead atoms. The van der Waals surface area contributed by atoms with Crippen LogP contribution in [-0.2, 0) is 0 Å². The topological polar surface area (TPSA) is 75.1 Å². The highest BCUT2D eigenvalue weighted by Gasteiger charge is 2.11. The number of aromatic carboxylic acids is 1. The number of anilines is 1. The minimum atomic E-state index is -1.19. The van der Waals surface area contributed by atoms with Gasteiger partial charge >= 0.3 is 5.97 Å². The summed E-state index contributed by atoms with van der Waals surface area (Å²) in [4.78, 5) is 18.2. The molecule has 0 radical (unpaired) electrons. The van der Waals surface area contributed by atoms with Gasteiger partial charge in [-0.15, -0.1) is 5.92 Å². The van der Waals surface area contributed by atoms with Crippen LogP contribution in [0.4, 0.5) is 5.95 Å². The number of hydrogen-bond acceptors (Lipinski definition) is 4. The molecule has 78 valence electrons. The maximum absolute atomic E-state index is 10.7. The van der Waals surface area contributed by atoms with Gasteiger partial charge in [-0.05, 0) is 6.92 Å². The quantitative estimate of drug-likeness (QED) is 0.758. The van der Waals surface area contributed by atoms with Crippen LogP contribution in [0.1, 0.15) is 17.4 Å². The van der Waals surface area contributed by atoms with Gasteiger partial charge in [-0.3, -0.25) is 0 Å². The highest BCUT2D eigenvalue weighted by molar-refractivity contribution is 6.33. The molecule has 0 aromatic carbocycles. The van der Waals surface area contributed by atoms with E-state index in [1.54, 1.807) is 6.92 Å². The summed E-state index contributed by atoms with van der Waals surface area (Å²) in [7, 11) is 0. The van der Waals surface area contributed by atoms with E-state index in [1.807, 2.05) is 0 Å². The molecule has 0 saturated heterocycles. The summed E-state index contributed by atoms with van der Waals surface area (Å²) in [6.07, 6.45) is 1.24. The Kier molecular flexibility index (Phi) is 3.89. The summed E-state index contributed by atoms with van der Waals surface area (Å²) < 4.78 is 0. The van der Waals surface area contributed by atoms with Gasteiger partial charge in [0.1, 0.15) is 0 Å². The van der Waals surface area contributed by atoms with Crippen LogP contribution in [0, 0.1) is 11.8 Å². The molecule has 0 atom stereocenters. The van der Waals surface area contributed by atoms with Crippen molar-refractivity contribution in [3.8, 4) is 11.8 Å². The predicted molar refractivity (Wildman–Crippen MR) is 55.9 cm³/mol. The fourth-order valence-corrected chi connectivity index (χ4v) is 0.986. The molecule has 6 heteroatoms. The number of halogens is 1. The van der Waals surface area contributed by atoms with Gasteiger partial charge in [0.2, 0.25) is 5.95 Å².